The van der Waals surface area contributed by atoms with Gasteiger partial charge in [-0.05, 0) is 52.4 Å². The molecule has 4 heterocycles. The number of piperazine rings is 1. The highest BCUT2D eigenvalue weighted by Gasteiger charge is 2.33. The quantitative estimate of drug-likeness (QED) is 0.351. The number of hydrogen-bond acceptors (Lipinski definition) is 8. The van der Waals surface area contributed by atoms with E-state index in [1.807, 2.05) is 42.5 Å². The molecule has 1 fully saturated rings. The summed E-state index contributed by atoms with van der Waals surface area (Å²) in [4.78, 5) is 21.1. The lowest BCUT2D eigenvalue weighted by molar-refractivity contribution is 0.174. The molecule has 3 aromatic carbocycles. The first kappa shape index (κ1) is 24.3. The number of rotatable bonds is 6. The van der Waals surface area contributed by atoms with Crippen molar-refractivity contribution in [3.05, 3.63) is 106 Å². The van der Waals surface area contributed by atoms with Crippen LogP contribution in [0.15, 0.2) is 77.6 Å². The largest absolute Gasteiger partial charge is 0.454 e. The van der Waals surface area contributed by atoms with Gasteiger partial charge in [0.25, 0.3) is 5.56 Å². The SMILES string of the molecule is O=c1[nH]c2cc3c(cc2cc1C(c1nnnn1Cc1ccccc1)N1CCN(c2ccc(F)cc2)CC1)OCO3. The molecule has 1 atom stereocenters. The van der Waals surface area contributed by atoms with Crippen molar-refractivity contribution in [1.82, 2.24) is 30.1 Å². The third-order valence-electron chi connectivity index (χ3n) is 7.51. The van der Waals surface area contributed by atoms with Crippen LogP contribution in [0.4, 0.5) is 10.1 Å². The molecule has 1 N–H and O–H groups in total. The lowest BCUT2D eigenvalue weighted by atomic mass is 10.0. The molecule has 1 unspecified atom stereocenters. The van der Waals surface area contributed by atoms with E-state index in [1.54, 1.807) is 22.9 Å². The van der Waals surface area contributed by atoms with Gasteiger partial charge in [-0.15, -0.1) is 5.10 Å². The summed E-state index contributed by atoms with van der Waals surface area (Å²) < 4.78 is 26.3. The topological polar surface area (TPSA) is 101 Å². The van der Waals surface area contributed by atoms with Crippen molar-refractivity contribution in [1.29, 1.82) is 0 Å². The van der Waals surface area contributed by atoms with Crippen LogP contribution >= 0.6 is 0 Å². The van der Waals surface area contributed by atoms with E-state index in [4.69, 9.17) is 9.47 Å². The summed E-state index contributed by atoms with van der Waals surface area (Å²) in [7, 11) is 0. The zero-order valence-corrected chi connectivity index (χ0v) is 21.5. The number of ether oxygens (including phenoxy) is 2. The zero-order valence-electron chi connectivity index (χ0n) is 21.5. The van der Waals surface area contributed by atoms with Gasteiger partial charge in [0.2, 0.25) is 6.79 Å². The summed E-state index contributed by atoms with van der Waals surface area (Å²) in [6, 6.07) is 21.6. The molecule has 11 heteroatoms. The number of nitrogens with zero attached hydrogens (tertiary/aromatic N) is 6. The van der Waals surface area contributed by atoms with Gasteiger partial charge in [0.05, 0.1) is 12.1 Å². The fourth-order valence-corrected chi connectivity index (χ4v) is 5.48. The van der Waals surface area contributed by atoms with Crippen LogP contribution in [0.2, 0.25) is 0 Å². The summed E-state index contributed by atoms with van der Waals surface area (Å²) >= 11 is 0. The van der Waals surface area contributed by atoms with Gasteiger partial charge in [0.1, 0.15) is 11.9 Å². The van der Waals surface area contributed by atoms with E-state index in [0.717, 1.165) is 16.6 Å². The monoisotopic (exact) mass is 539 g/mol. The van der Waals surface area contributed by atoms with Gasteiger partial charge in [0.15, 0.2) is 17.3 Å². The van der Waals surface area contributed by atoms with Crippen molar-refractivity contribution < 1.29 is 13.9 Å². The minimum atomic E-state index is -0.493. The maximum atomic E-state index is 13.6. The van der Waals surface area contributed by atoms with Crippen LogP contribution < -0.4 is 19.9 Å². The molecule has 1 saturated heterocycles. The zero-order chi connectivity index (χ0) is 27.1. The Morgan fingerprint density at radius 2 is 1.68 bits per heavy atom. The standard InChI is InChI=1S/C29H26FN7O3/c30-21-6-8-22(9-7-21)35-10-12-36(13-11-35)27(28-32-33-34-37(28)17-19-4-2-1-3-5-19)23-14-20-15-25-26(40-18-39-25)16-24(20)31-29(23)38/h1-9,14-16,27H,10-13,17-18H2,(H,31,38). The van der Waals surface area contributed by atoms with Crippen molar-refractivity contribution >= 4 is 16.6 Å². The molecule has 2 aliphatic heterocycles. The summed E-state index contributed by atoms with van der Waals surface area (Å²) in [5.74, 6) is 1.58. The van der Waals surface area contributed by atoms with E-state index in [0.29, 0.717) is 61.1 Å². The molecule has 0 aliphatic carbocycles. The highest BCUT2D eigenvalue weighted by Crippen LogP contribution is 2.36. The van der Waals surface area contributed by atoms with Crippen LogP contribution in [0.25, 0.3) is 10.9 Å². The number of benzene rings is 3. The number of H-pyrrole nitrogens is 1. The number of hydrogen-bond donors (Lipinski definition) is 1. The Balaban J connectivity index is 1.27. The van der Waals surface area contributed by atoms with Gasteiger partial charge in [-0.2, -0.15) is 0 Å². The number of anilines is 1. The molecular formula is C29H26FN7O3. The van der Waals surface area contributed by atoms with Gasteiger partial charge in [0, 0.05) is 48.9 Å². The smallest absolute Gasteiger partial charge is 0.253 e. The number of aromatic nitrogens is 5. The van der Waals surface area contributed by atoms with Gasteiger partial charge in [-0.1, -0.05) is 30.3 Å². The highest BCUT2D eigenvalue weighted by molar-refractivity contribution is 5.83. The van der Waals surface area contributed by atoms with Crippen LogP contribution in [0, 0.1) is 5.82 Å². The first-order chi connectivity index (χ1) is 19.6. The molecule has 7 rings (SSSR count). The molecular weight excluding hydrogens is 513 g/mol. The summed E-state index contributed by atoms with van der Waals surface area (Å²) in [5, 5.41) is 13.6. The number of fused-ring (bicyclic) bond motifs is 2. The predicted molar refractivity (Wildman–Crippen MR) is 146 cm³/mol. The Morgan fingerprint density at radius 3 is 2.45 bits per heavy atom. The average molecular weight is 540 g/mol. The van der Waals surface area contributed by atoms with Crippen LogP contribution in [0.3, 0.4) is 0 Å². The molecule has 40 heavy (non-hydrogen) atoms. The average Bonchev–Trinajstić information content (AvgIpc) is 3.63. The van der Waals surface area contributed by atoms with E-state index in [9.17, 15) is 9.18 Å². The summed E-state index contributed by atoms with van der Waals surface area (Å²) in [6.45, 7) is 3.33. The van der Waals surface area contributed by atoms with E-state index in [2.05, 4.69) is 30.3 Å². The lowest BCUT2D eigenvalue weighted by Crippen LogP contribution is -2.49. The third kappa shape index (κ3) is 4.54. The van der Waals surface area contributed by atoms with Crippen LogP contribution in [0.5, 0.6) is 11.5 Å². The minimum Gasteiger partial charge on any atom is -0.454 e. The van der Waals surface area contributed by atoms with Crippen LogP contribution in [-0.4, -0.2) is 63.1 Å². The Kier molecular flexibility index (Phi) is 6.12. The molecule has 0 amide bonds. The fraction of sp³-hybridized carbons (Fsp3) is 0.241. The molecule has 0 spiro atoms. The molecule has 0 saturated carbocycles. The van der Waals surface area contributed by atoms with Crippen LogP contribution in [0.1, 0.15) is 23.0 Å². The van der Waals surface area contributed by atoms with Crippen molar-refractivity contribution in [2.75, 3.05) is 37.9 Å². The second kappa shape index (κ2) is 10.1. The minimum absolute atomic E-state index is 0.151. The van der Waals surface area contributed by atoms with Gasteiger partial charge in [-0.3, -0.25) is 9.69 Å². The normalized spacial score (nSPS) is 16.0. The molecule has 5 aromatic rings. The maximum absolute atomic E-state index is 13.6. The first-order valence-corrected chi connectivity index (χ1v) is 13.1. The Hall–Kier alpha value is -4.77. The van der Waals surface area contributed by atoms with Crippen molar-refractivity contribution in [3.63, 3.8) is 0 Å². The van der Waals surface area contributed by atoms with Crippen molar-refractivity contribution in [3.8, 4) is 11.5 Å². The van der Waals surface area contributed by atoms with E-state index < -0.39 is 6.04 Å². The number of halogens is 1. The molecule has 2 aromatic heterocycles. The molecule has 2 aliphatic rings. The second-order valence-electron chi connectivity index (χ2n) is 9.93. The molecule has 0 radical (unpaired) electrons. The number of aromatic amines is 1. The highest BCUT2D eigenvalue weighted by atomic mass is 19.1. The van der Waals surface area contributed by atoms with E-state index in [-0.39, 0.29) is 18.2 Å². The predicted octanol–water partition coefficient (Wildman–Crippen LogP) is 3.34. The Bertz CT molecular complexity index is 1710. The van der Waals surface area contributed by atoms with Crippen molar-refractivity contribution in [2.45, 2.75) is 12.6 Å². The second-order valence-corrected chi connectivity index (χ2v) is 9.93. The summed E-state index contributed by atoms with van der Waals surface area (Å²) in [6.07, 6.45) is 0. The van der Waals surface area contributed by atoms with E-state index in [1.165, 1.54) is 12.1 Å². The number of pyridine rings is 1. The van der Waals surface area contributed by atoms with Crippen molar-refractivity contribution in [2.24, 2.45) is 0 Å². The third-order valence-corrected chi connectivity index (χ3v) is 7.51. The number of nitrogens with one attached hydrogen (secondary N) is 1. The maximum Gasteiger partial charge on any atom is 0.253 e. The first-order valence-electron chi connectivity index (χ1n) is 13.1. The number of tetrazole rings is 1. The van der Waals surface area contributed by atoms with Gasteiger partial charge in [-0.25, -0.2) is 9.07 Å². The van der Waals surface area contributed by atoms with E-state index >= 15 is 0 Å². The lowest BCUT2D eigenvalue weighted by Gasteiger charge is -2.39. The molecule has 10 nitrogen and oxygen atoms in total. The molecule has 0 bridgehead atoms. The van der Waals surface area contributed by atoms with Crippen LogP contribution in [-0.2, 0) is 6.54 Å². The summed E-state index contributed by atoms with van der Waals surface area (Å²) in [5.41, 5.74) is 3.02. The fourth-order valence-electron chi connectivity index (χ4n) is 5.48. The molecule has 202 valence electrons. The Morgan fingerprint density at radius 1 is 0.925 bits per heavy atom. The van der Waals surface area contributed by atoms with Gasteiger partial charge >= 0.3 is 0 Å². The van der Waals surface area contributed by atoms with Gasteiger partial charge < -0.3 is 19.4 Å². The Labute approximate surface area is 228 Å².